The maximum absolute atomic E-state index is 12.8. The van der Waals surface area contributed by atoms with Crippen LogP contribution in [0.4, 0.5) is 0 Å². The number of para-hydroxylation sites is 1. The molecule has 4 rings (SSSR count). The summed E-state index contributed by atoms with van der Waals surface area (Å²) in [6, 6.07) is 17.2. The van der Waals surface area contributed by atoms with E-state index in [1.165, 1.54) is 0 Å². The molecule has 0 radical (unpaired) electrons. The van der Waals surface area contributed by atoms with E-state index in [9.17, 15) is 10.1 Å². The van der Waals surface area contributed by atoms with Gasteiger partial charge in [-0.25, -0.2) is 9.67 Å². The van der Waals surface area contributed by atoms with Crippen LogP contribution in [-0.2, 0) is 11.3 Å². The van der Waals surface area contributed by atoms with Crippen LogP contribution < -0.4 is 10.1 Å². The lowest BCUT2D eigenvalue weighted by molar-refractivity contribution is -0.117. The van der Waals surface area contributed by atoms with Crippen LogP contribution in [0.1, 0.15) is 31.7 Å². The molecule has 0 fully saturated rings. The molecule has 0 aliphatic rings. The van der Waals surface area contributed by atoms with Crippen molar-refractivity contribution in [2.75, 3.05) is 13.2 Å². The first kappa shape index (κ1) is 26.7. The number of imidazole rings is 1. The highest BCUT2D eigenvalue weighted by atomic mass is 35.5. The van der Waals surface area contributed by atoms with E-state index in [1.54, 1.807) is 35.5 Å². The molecule has 0 atom stereocenters. The van der Waals surface area contributed by atoms with Crippen molar-refractivity contribution in [3.8, 4) is 28.8 Å². The lowest BCUT2D eigenvalue weighted by atomic mass is 10.1. The van der Waals surface area contributed by atoms with Crippen molar-refractivity contribution in [3.05, 3.63) is 89.6 Å². The number of nitrogens with zero attached hydrogens (tertiary/aromatic N) is 5. The quantitative estimate of drug-likeness (QED) is 0.145. The van der Waals surface area contributed by atoms with E-state index in [0.29, 0.717) is 41.6 Å². The number of ether oxygens (including phenoxy) is 1. The highest BCUT2D eigenvalue weighted by molar-refractivity contribution is 6.32. The molecular formula is C29H29ClN6O2. The number of nitriles is 1. The summed E-state index contributed by atoms with van der Waals surface area (Å²) in [5.41, 5.74) is 2.80. The van der Waals surface area contributed by atoms with E-state index in [-0.39, 0.29) is 5.57 Å². The van der Waals surface area contributed by atoms with Gasteiger partial charge in [-0.3, -0.25) is 4.79 Å². The second-order valence-corrected chi connectivity index (χ2v) is 9.05. The molecule has 0 unspecified atom stereocenters. The normalized spacial score (nSPS) is 11.2. The highest BCUT2D eigenvalue weighted by Crippen LogP contribution is 2.32. The molecule has 0 saturated carbocycles. The summed E-state index contributed by atoms with van der Waals surface area (Å²) in [6.45, 7) is 3.85. The van der Waals surface area contributed by atoms with E-state index in [1.807, 2.05) is 59.3 Å². The number of unbranched alkanes of at least 4 members (excludes halogenated alkanes) is 1. The SMILES string of the molecule is CCCCOc1ccc(-c2nn(-c3ccccc3)cc2/C=C(\C#N)C(=O)NCCCn2ccnc2)cc1Cl. The number of carbonyl (C=O) groups excluding carboxylic acids is 1. The molecule has 8 nitrogen and oxygen atoms in total. The molecule has 1 N–H and O–H groups in total. The van der Waals surface area contributed by atoms with E-state index in [0.717, 1.165) is 30.6 Å². The van der Waals surface area contributed by atoms with Gasteiger partial charge < -0.3 is 14.6 Å². The van der Waals surface area contributed by atoms with Gasteiger partial charge in [-0.15, -0.1) is 0 Å². The molecule has 2 aromatic heterocycles. The van der Waals surface area contributed by atoms with Gasteiger partial charge in [0.05, 0.1) is 23.6 Å². The smallest absolute Gasteiger partial charge is 0.261 e. The summed E-state index contributed by atoms with van der Waals surface area (Å²) >= 11 is 6.53. The molecule has 9 heteroatoms. The van der Waals surface area contributed by atoms with Gasteiger partial charge in [-0.1, -0.05) is 43.1 Å². The minimum absolute atomic E-state index is 0.00731. The number of amides is 1. The summed E-state index contributed by atoms with van der Waals surface area (Å²) in [5.74, 6) is 0.172. The lowest BCUT2D eigenvalue weighted by Crippen LogP contribution is -2.26. The molecule has 0 aliphatic carbocycles. The number of halogens is 1. The van der Waals surface area contributed by atoms with Crippen LogP contribution in [0, 0.1) is 11.3 Å². The Morgan fingerprint density at radius 1 is 1.21 bits per heavy atom. The molecular weight excluding hydrogens is 500 g/mol. The van der Waals surface area contributed by atoms with Crippen LogP contribution in [0.3, 0.4) is 0 Å². The zero-order valence-electron chi connectivity index (χ0n) is 21.2. The van der Waals surface area contributed by atoms with Gasteiger partial charge in [-0.2, -0.15) is 10.4 Å². The van der Waals surface area contributed by atoms with Gasteiger partial charge in [0.25, 0.3) is 5.91 Å². The van der Waals surface area contributed by atoms with Gasteiger partial charge in [0.15, 0.2) is 0 Å². The summed E-state index contributed by atoms with van der Waals surface area (Å²) in [6.07, 6.45) is 11.3. The molecule has 2 aromatic carbocycles. The van der Waals surface area contributed by atoms with Crippen LogP contribution in [-0.4, -0.2) is 38.4 Å². The number of benzene rings is 2. The van der Waals surface area contributed by atoms with Gasteiger partial charge in [0, 0.05) is 42.8 Å². The topological polar surface area (TPSA) is 97.8 Å². The van der Waals surface area contributed by atoms with E-state index >= 15 is 0 Å². The zero-order valence-corrected chi connectivity index (χ0v) is 21.9. The standard InChI is InChI=1S/C29H29ClN6O2/c1-2-3-16-38-27-11-10-22(18-26(27)30)28-24(20-36(34-28)25-8-5-4-6-9-25)17-23(19-31)29(37)33-12-7-14-35-15-13-32-21-35/h4-6,8-11,13,15,17-18,20-21H,2-3,7,12,14,16H2,1H3,(H,33,37)/b23-17+. The zero-order chi connectivity index (χ0) is 26.7. The number of aryl methyl sites for hydroxylation is 1. The van der Waals surface area contributed by atoms with Crippen LogP contribution >= 0.6 is 11.6 Å². The van der Waals surface area contributed by atoms with Crippen molar-refractivity contribution in [1.29, 1.82) is 5.26 Å². The fourth-order valence-corrected chi connectivity index (χ4v) is 4.04. The second kappa shape index (κ2) is 13.3. The lowest BCUT2D eigenvalue weighted by Gasteiger charge is -2.09. The molecule has 38 heavy (non-hydrogen) atoms. The summed E-state index contributed by atoms with van der Waals surface area (Å²) in [5, 5.41) is 17.8. The second-order valence-electron chi connectivity index (χ2n) is 8.64. The predicted octanol–water partition coefficient (Wildman–Crippen LogP) is 5.68. The maximum Gasteiger partial charge on any atom is 0.261 e. The van der Waals surface area contributed by atoms with Crippen molar-refractivity contribution in [2.24, 2.45) is 0 Å². The van der Waals surface area contributed by atoms with Gasteiger partial charge in [-0.05, 0) is 49.2 Å². The fraction of sp³-hybridized carbons (Fsp3) is 0.241. The molecule has 0 spiro atoms. The van der Waals surface area contributed by atoms with Gasteiger partial charge >= 0.3 is 0 Å². The molecule has 0 bridgehead atoms. The summed E-state index contributed by atoms with van der Waals surface area (Å²) in [4.78, 5) is 16.8. The minimum Gasteiger partial charge on any atom is -0.492 e. The van der Waals surface area contributed by atoms with Crippen molar-refractivity contribution in [3.63, 3.8) is 0 Å². The highest BCUT2D eigenvalue weighted by Gasteiger charge is 2.16. The van der Waals surface area contributed by atoms with Crippen molar-refractivity contribution >= 4 is 23.6 Å². The molecule has 4 aromatic rings. The average molecular weight is 529 g/mol. The monoisotopic (exact) mass is 528 g/mol. The van der Waals surface area contributed by atoms with Crippen molar-refractivity contribution < 1.29 is 9.53 Å². The number of carbonyl (C=O) groups is 1. The third-order valence-electron chi connectivity index (χ3n) is 5.83. The Balaban J connectivity index is 1.59. The van der Waals surface area contributed by atoms with Crippen molar-refractivity contribution in [2.45, 2.75) is 32.7 Å². The van der Waals surface area contributed by atoms with E-state index in [2.05, 4.69) is 17.2 Å². The Morgan fingerprint density at radius 3 is 2.76 bits per heavy atom. The molecule has 1 amide bonds. The van der Waals surface area contributed by atoms with Crippen LogP contribution in [0.25, 0.3) is 23.0 Å². The van der Waals surface area contributed by atoms with Crippen LogP contribution in [0.5, 0.6) is 5.75 Å². The first-order valence-corrected chi connectivity index (χ1v) is 12.9. The number of aromatic nitrogens is 4. The minimum atomic E-state index is -0.436. The molecule has 0 saturated heterocycles. The predicted molar refractivity (Wildman–Crippen MR) is 148 cm³/mol. The third kappa shape index (κ3) is 6.90. The number of nitrogens with one attached hydrogen (secondary N) is 1. The number of hydrogen-bond acceptors (Lipinski definition) is 5. The average Bonchev–Trinajstić information content (AvgIpc) is 3.61. The number of rotatable bonds is 12. The van der Waals surface area contributed by atoms with Gasteiger partial charge in [0.1, 0.15) is 23.1 Å². The molecule has 2 heterocycles. The van der Waals surface area contributed by atoms with E-state index < -0.39 is 5.91 Å². The Morgan fingerprint density at radius 2 is 2.05 bits per heavy atom. The van der Waals surface area contributed by atoms with Crippen LogP contribution in [0.15, 0.2) is 79.0 Å². The Bertz CT molecular complexity index is 1420. The number of hydrogen-bond donors (Lipinski definition) is 1. The maximum atomic E-state index is 12.8. The Labute approximate surface area is 227 Å². The summed E-state index contributed by atoms with van der Waals surface area (Å²) in [7, 11) is 0. The van der Waals surface area contributed by atoms with Crippen LogP contribution in [0.2, 0.25) is 5.02 Å². The van der Waals surface area contributed by atoms with Gasteiger partial charge in [0.2, 0.25) is 0 Å². The van der Waals surface area contributed by atoms with E-state index in [4.69, 9.17) is 21.4 Å². The Hall–Kier alpha value is -4.35. The fourth-order valence-electron chi connectivity index (χ4n) is 3.80. The largest absolute Gasteiger partial charge is 0.492 e. The summed E-state index contributed by atoms with van der Waals surface area (Å²) < 4.78 is 9.44. The molecule has 0 aliphatic heterocycles. The third-order valence-corrected chi connectivity index (χ3v) is 6.12. The molecule has 194 valence electrons. The Kier molecular flexibility index (Phi) is 9.32. The van der Waals surface area contributed by atoms with Crippen molar-refractivity contribution in [1.82, 2.24) is 24.6 Å². The first-order valence-electron chi connectivity index (χ1n) is 12.5. The first-order chi connectivity index (χ1) is 18.6.